The summed E-state index contributed by atoms with van der Waals surface area (Å²) in [6.07, 6.45) is 8.21. The Kier molecular flexibility index (Phi) is 5.56. The molecule has 2 aliphatic carbocycles. The number of rotatable bonds is 5. The lowest BCUT2D eigenvalue weighted by Gasteiger charge is -2.32. The lowest BCUT2D eigenvalue weighted by Crippen LogP contribution is -2.21. The van der Waals surface area contributed by atoms with E-state index in [2.05, 4.69) is 125 Å². The van der Waals surface area contributed by atoms with Gasteiger partial charge in [0.2, 0.25) is 0 Å². The van der Waals surface area contributed by atoms with Crippen molar-refractivity contribution < 1.29 is 0 Å². The van der Waals surface area contributed by atoms with Crippen molar-refractivity contribution >= 4 is 12.2 Å². The third kappa shape index (κ3) is 3.77. The van der Waals surface area contributed by atoms with Gasteiger partial charge in [-0.2, -0.15) is 0 Å². The van der Waals surface area contributed by atoms with Gasteiger partial charge in [-0.05, 0) is 77.6 Å². The molecule has 4 aromatic carbocycles. The van der Waals surface area contributed by atoms with Crippen molar-refractivity contribution in [3.05, 3.63) is 129 Å². The molecule has 0 aliphatic heterocycles. The first kappa shape index (κ1) is 22.8. The van der Waals surface area contributed by atoms with Crippen LogP contribution in [0.25, 0.3) is 34.4 Å². The predicted molar refractivity (Wildman–Crippen MR) is 155 cm³/mol. The molecular weight excluding hydrogens is 432 g/mol. The Morgan fingerprint density at radius 2 is 1.06 bits per heavy atom. The van der Waals surface area contributed by atoms with Gasteiger partial charge in [-0.1, -0.05) is 133 Å². The molecule has 0 amide bonds. The molecule has 2 aliphatic rings. The van der Waals surface area contributed by atoms with Crippen LogP contribution < -0.4 is 0 Å². The van der Waals surface area contributed by atoms with Crippen LogP contribution in [0.15, 0.2) is 96.1 Å². The minimum absolute atomic E-state index is 0.0474. The smallest absolute Gasteiger partial charge is 0.0103 e. The molecule has 178 valence electrons. The number of fused-ring (bicyclic) bond motifs is 2. The van der Waals surface area contributed by atoms with Crippen molar-refractivity contribution in [3.8, 4) is 22.3 Å². The minimum Gasteiger partial charge on any atom is -0.0642 e. The average molecular weight is 467 g/mol. The van der Waals surface area contributed by atoms with E-state index in [0.717, 1.165) is 19.3 Å². The molecule has 0 aromatic heterocycles. The van der Waals surface area contributed by atoms with Gasteiger partial charge in [0.05, 0.1) is 0 Å². The number of hydrogen-bond acceptors (Lipinski definition) is 0. The number of benzene rings is 4. The first-order chi connectivity index (χ1) is 17.5. The average Bonchev–Trinajstić information content (AvgIpc) is 3.53. The van der Waals surface area contributed by atoms with Crippen molar-refractivity contribution in [2.75, 3.05) is 0 Å². The largest absolute Gasteiger partial charge is 0.0642 e. The first-order valence-electron chi connectivity index (χ1n) is 13.3. The monoisotopic (exact) mass is 466 g/mol. The van der Waals surface area contributed by atoms with Crippen LogP contribution >= 0.6 is 0 Å². The molecule has 0 fully saturated rings. The Labute approximate surface area is 216 Å². The standard InChI is InChI=1S/C36H34/c1-5-36(4,30-20-28-14-8-16-32(34(28)22-30)26-12-6-10-24(2)18-26)31-21-29-15-9-17-33(35(29)23-31)27-13-7-11-25(3)19-27/h6-19,22-23H,5,20-21H2,1-4H3. The molecule has 0 radical (unpaired) electrons. The van der Waals surface area contributed by atoms with Gasteiger partial charge in [0.1, 0.15) is 0 Å². The van der Waals surface area contributed by atoms with Crippen LogP contribution in [0, 0.1) is 19.3 Å². The van der Waals surface area contributed by atoms with Gasteiger partial charge in [0, 0.05) is 5.41 Å². The van der Waals surface area contributed by atoms with Crippen molar-refractivity contribution in [2.24, 2.45) is 5.41 Å². The van der Waals surface area contributed by atoms with E-state index >= 15 is 0 Å². The Morgan fingerprint density at radius 3 is 1.47 bits per heavy atom. The maximum absolute atomic E-state index is 2.52. The molecule has 0 unspecified atom stereocenters. The van der Waals surface area contributed by atoms with E-state index < -0.39 is 0 Å². The first-order valence-corrected chi connectivity index (χ1v) is 13.3. The van der Waals surface area contributed by atoms with Crippen LogP contribution in [0.3, 0.4) is 0 Å². The van der Waals surface area contributed by atoms with Crippen LogP contribution in [-0.4, -0.2) is 0 Å². The molecule has 0 saturated carbocycles. The summed E-state index contributed by atoms with van der Waals surface area (Å²) >= 11 is 0. The van der Waals surface area contributed by atoms with E-state index in [9.17, 15) is 0 Å². The third-order valence-electron chi connectivity index (χ3n) is 8.57. The lowest BCUT2D eigenvalue weighted by molar-refractivity contribution is 0.452. The van der Waals surface area contributed by atoms with Crippen molar-refractivity contribution in [2.45, 2.75) is 47.0 Å². The van der Waals surface area contributed by atoms with E-state index in [1.807, 2.05) is 0 Å². The van der Waals surface area contributed by atoms with Crippen molar-refractivity contribution in [3.63, 3.8) is 0 Å². The molecule has 0 heteroatoms. The highest BCUT2D eigenvalue weighted by atomic mass is 14.4. The third-order valence-corrected chi connectivity index (χ3v) is 8.57. The summed E-state index contributed by atoms with van der Waals surface area (Å²) in [7, 11) is 0. The Morgan fingerprint density at radius 1 is 0.611 bits per heavy atom. The fraction of sp³-hybridized carbons (Fsp3) is 0.222. The summed E-state index contributed by atoms with van der Waals surface area (Å²) in [6.45, 7) is 9.19. The molecule has 4 aromatic rings. The maximum Gasteiger partial charge on any atom is 0.0103 e. The van der Waals surface area contributed by atoms with E-state index in [1.165, 1.54) is 55.6 Å². The van der Waals surface area contributed by atoms with E-state index in [0.29, 0.717) is 0 Å². The molecular formula is C36H34. The van der Waals surface area contributed by atoms with E-state index in [4.69, 9.17) is 0 Å². The normalized spacial score (nSPS) is 14.3. The fourth-order valence-electron chi connectivity index (χ4n) is 6.23. The number of hydrogen-bond donors (Lipinski definition) is 0. The summed E-state index contributed by atoms with van der Waals surface area (Å²) in [6, 6.07) is 31.5. The van der Waals surface area contributed by atoms with Crippen LogP contribution in [0.5, 0.6) is 0 Å². The second-order valence-electron chi connectivity index (χ2n) is 10.9. The molecule has 0 saturated heterocycles. The summed E-state index contributed by atoms with van der Waals surface area (Å²) in [5.74, 6) is 0. The highest BCUT2D eigenvalue weighted by molar-refractivity contribution is 5.84. The quantitative estimate of drug-likeness (QED) is 0.275. The molecule has 0 N–H and O–H groups in total. The molecule has 0 heterocycles. The van der Waals surface area contributed by atoms with Crippen molar-refractivity contribution in [1.29, 1.82) is 0 Å². The highest BCUT2D eigenvalue weighted by Crippen LogP contribution is 2.50. The highest BCUT2D eigenvalue weighted by Gasteiger charge is 2.36. The van der Waals surface area contributed by atoms with Crippen molar-refractivity contribution in [1.82, 2.24) is 0 Å². The SMILES string of the molecule is CCC(C)(C1=Cc2c(cccc2-c2cccc(C)c2)C1)C1=Cc2c(cccc2-c2cccc(C)c2)C1. The fourth-order valence-corrected chi connectivity index (χ4v) is 6.23. The Balaban J connectivity index is 1.41. The van der Waals surface area contributed by atoms with Crippen LogP contribution in [0.1, 0.15) is 53.6 Å². The van der Waals surface area contributed by atoms with Gasteiger partial charge in [-0.3, -0.25) is 0 Å². The summed E-state index contributed by atoms with van der Waals surface area (Å²) in [4.78, 5) is 0. The second-order valence-corrected chi connectivity index (χ2v) is 10.9. The van der Waals surface area contributed by atoms with Crippen LogP contribution in [0.4, 0.5) is 0 Å². The van der Waals surface area contributed by atoms with Gasteiger partial charge in [-0.15, -0.1) is 0 Å². The molecule has 36 heavy (non-hydrogen) atoms. The minimum atomic E-state index is 0.0474. The van der Waals surface area contributed by atoms with Gasteiger partial charge in [0.15, 0.2) is 0 Å². The molecule has 0 bridgehead atoms. The van der Waals surface area contributed by atoms with Crippen LogP contribution in [-0.2, 0) is 12.8 Å². The molecule has 0 nitrogen and oxygen atoms in total. The molecule has 0 atom stereocenters. The second kappa shape index (κ2) is 8.79. The molecule has 0 spiro atoms. The van der Waals surface area contributed by atoms with E-state index in [-0.39, 0.29) is 5.41 Å². The zero-order valence-corrected chi connectivity index (χ0v) is 21.9. The van der Waals surface area contributed by atoms with Gasteiger partial charge in [0.25, 0.3) is 0 Å². The van der Waals surface area contributed by atoms with Gasteiger partial charge >= 0.3 is 0 Å². The topological polar surface area (TPSA) is 0 Å². The predicted octanol–water partition coefficient (Wildman–Crippen LogP) is 9.63. The molecule has 6 rings (SSSR count). The zero-order valence-electron chi connectivity index (χ0n) is 21.9. The Hall–Kier alpha value is -3.64. The summed E-state index contributed by atoms with van der Waals surface area (Å²) in [5.41, 5.74) is 16.9. The summed E-state index contributed by atoms with van der Waals surface area (Å²) < 4.78 is 0. The zero-order chi connectivity index (χ0) is 24.9. The van der Waals surface area contributed by atoms with Gasteiger partial charge < -0.3 is 0 Å². The number of allylic oxidation sites excluding steroid dienone is 2. The summed E-state index contributed by atoms with van der Waals surface area (Å²) in [5, 5.41) is 0. The Bertz CT molecular complexity index is 1430. The lowest BCUT2D eigenvalue weighted by atomic mass is 9.72. The van der Waals surface area contributed by atoms with Crippen LogP contribution in [0.2, 0.25) is 0 Å². The van der Waals surface area contributed by atoms with Gasteiger partial charge in [-0.25, -0.2) is 0 Å². The van der Waals surface area contributed by atoms with E-state index in [1.54, 1.807) is 11.1 Å². The number of aryl methyl sites for hydroxylation is 2. The maximum atomic E-state index is 2.52.